The smallest absolute Gasteiger partial charge is 0.266 e. The summed E-state index contributed by atoms with van der Waals surface area (Å²) in [4.78, 5) is 12.6. The van der Waals surface area contributed by atoms with Crippen molar-refractivity contribution >= 4 is 39.5 Å². The van der Waals surface area contributed by atoms with E-state index in [0.29, 0.717) is 20.6 Å². The van der Waals surface area contributed by atoms with Crippen LogP contribution in [0.4, 0.5) is 10.7 Å². The largest absolute Gasteiger partial charge is 0.391 e. The first kappa shape index (κ1) is 12.0. The first-order chi connectivity index (χ1) is 8.06. The van der Waals surface area contributed by atoms with Crippen molar-refractivity contribution in [3.05, 3.63) is 45.8 Å². The normalized spacial score (nSPS) is 10.2. The van der Waals surface area contributed by atoms with Crippen LogP contribution < -0.4 is 11.1 Å². The molecule has 1 heterocycles. The van der Waals surface area contributed by atoms with Crippen LogP contribution in [0, 0.1) is 6.92 Å². The second kappa shape index (κ2) is 4.77. The predicted octanol–water partition coefficient (Wildman–Crippen LogP) is 3.54. The van der Waals surface area contributed by atoms with Crippen molar-refractivity contribution in [1.29, 1.82) is 0 Å². The highest BCUT2D eigenvalue weighted by molar-refractivity contribution is 7.18. The summed E-state index contributed by atoms with van der Waals surface area (Å²) in [5, 5.41) is 4.08. The molecule has 1 aromatic heterocycles. The molecule has 0 saturated heterocycles. The van der Waals surface area contributed by atoms with Gasteiger partial charge in [0.15, 0.2) is 0 Å². The zero-order valence-corrected chi connectivity index (χ0v) is 10.7. The van der Waals surface area contributed by atoms with E-state index < -0.39 is 0 Å². The molecule has 0 radical (unpaired) electrons. The Morgan fingerprint density at radius 2 is 2.00 bits per heavy atom. The van der Waals surface area contributed by atoms with Crippen molar-refractivity contribution in [2.24, 2.45) is 0 Å². The van der Waals surface area contributed by atoms with Gasteiger partial charge in [-0.15, -0.1) is 11.3 Å². The number of nitrogens with one attached hydrogen (secondary N) is 1. The lowest BCUT2D eigenvalue weighted by atomic mass is 10.2. The number of hydrogen-bond donors (Lipinski definition) is 2. The van der Waals surface area contributed by atoms with E-state index in [1.807, 2.05) is 6.92 Å². The van der Waals surface area contributed by atoms with Gasteiger partial charge in [0.05, 0.1) is 9.88 Å². The number of hydrogen-bond acceptors (Lipinski definition) is 3. The van der Waals surface area contributed by atoms with Gasteiger partial charge in [-0.3, -0.25) is 4.79 Å². The number of thiophene rings is 1. The first-order valence-electron chi connectivity index (χ1n) is 4.99. The third-order valence-electron chi connectivity index (χ3n) is 2.25. The zero-order chi connectivity index (χ0) is 12.4. The SMILES string of the molecule is Cc1cc(N)sc1C(=O)Nc1ccc(Cl)cc1. The van der Waals surface area contributed by atoms with Crippen LogP contribution in [0.5, 0.6) is 0 Å². The van der Waals surface area contributed by atoms with Crippen LogP contribution in [-0.4, -0.2) is 5.91 Å². The van der Waals surface area contributed by atoms with Crippen LogP contribution >= 0.6 is 22.9 Å². The predicted molar refractivity (Wildman–Crippen MR) is 72.9 cm³/mol. The maximum Gasteiger partial charge on any atom is 0.266 e. The van der Waals surface area contributed by atoms with E-state index in [-0.39, 0.29) is 5.91 Å². The Bertz CT molecular complexity index is 548. The summed E-state index contributed by atoms with van der Waals surface area (Å²) < 4.78 is 0. The number of benzene rings is 1. The van der Waals surface area contributed by atoms with E-state index in [9.17, 15) is 4.79 Å². The summed E-state index contributed by atoms with van der Waals surface area (Å²) in [6.45, 7) is 1.86. The molecule has 0 bridgehead atoms. The number of anilines is 2. The van der Waals surface area contributed by atoms with Crippen molar-refractivity contribution in [3.8, 4) is 0 Å². The molecule has 1 amide bonds. The molecule has 5 heteroatoms. The third kappa shape index (κ3) is 2.78. The molecular weight excluding hydrogens is 256 g/mol. The molecule has 0 aliphatic carbocycles. The van der Waals surface area contributed by atoms with Crippen LogP contribution in [0.15, 0.2) is 30.3 Å². The molecule has 0 fully saturated rings. The van der Waals surface area contributed by atoms with Crippen LogP contribution in [0.1, 0.15) is 15.2 Å². The van der Waals surface area contributed by atoms with Gasteiger partial charge in [-0.05, 0) is 42.8 Å². The number of nitrogens with two attached hydrogens (primary N) is 1. The highest BCUT2D eigenvalue weighted by Gasteiger charge is 2.12. The van der Waals surface area contributed by atoms with E-state index >= 15 is 0 Å². The Balaban J connectivity index is 2.17. The Morgan fingerprint density at radius 1 is 1.35 bits per heavy atom. The Morgan fingerprint density at radius 3 is 2.53 bits per heavy atom. The standard InChI is InChI=1S/C12H11ClN2OS/c1-7-6-10(14)17-11(7)12(16)15-9-4-2-8(13)3-5-9/h2-6H,14H2,1H3,(H,15,16). The van der Waals surface area contributed by atoms with E-state index in [2.05, 4.69) is 5.32 Å². The Hall–Kier alpha value is -1.52. The number of rotatable bonds is 2. The van der Waals surface area contributed by atoms with Crippen molar-refractivity contribution in [2.45, 2.75) is 6.92 Å². The fourth-order valence-electron chi connectivity index (χ4n) is 1.45. The lowest BCUT2D eigenvalue weighted by Crippen LogP contribution is -2.11. The first-order valence-corrected chi connectivity index (χ1v) is 6.18. The fourth-order valence-corrected chi connectivity index (χ4v) is 2.41. The lowest BCUT2D eigenvalue weighted by Gasteiger charge is -2.04. The van der Waals surface area contributed by atoms with E-state index in [0.717, 1.165) is 5.56 Å². The average molecular weight is 267 g/mol. The van der Waals surface area contributed by atoms with Crippen LogP contribution in [0.3, 0.4) is 0 Å². The zero-order valence-electron chi connectivity index (χ0n) is 9.16. The van der Waals surface area contributed by atoms with Crippen molar-refractivity contribution in [3.63, 3.8) is 0 Å². The molecule has 3 N–H and O–H groups in total. The minimum absolute atomic E-state index is 0.147. The van der Waals surface area contributed by atoms with E-state index in [1.165, 1.54) is 11.3 Å². The van der Waals surface area contributed by atoms with Gasteiger partial charge in [-0.1, -0.05) is 11.6 Å². The topological polar surface area (TPSA) is 55.1 Å². The summed E-state index contributed by atoms with van der Waals surface area (Å²) in [5.41, 5.74) is 7.25. The highest BCUT2D eigenvalue weighted by atomic mass is 35.5. The monoisotopic (exact) mass is 266 g/mol. The number of aryl methyl sites for hydroxylation is 1. The summed E-state index contributed by atoms with van der Waals surface area (Å²) in [6.07, 6.45) is 0. The van der Waals surface area contributed by atoms with E-state index in [4.69, 9.17) is 17.3 Å². The molecule has 0 spiro atoms. The van der Waals surface area contributed by atoms with Gasteiger partial charge in [-0.25, -0.2) is 0 Å². The van der Waals surface area contributed by atoms with Crippen LogP contribution in [0.2, 0.25) is 5.02 Å². The summed E-state index contributed by atoms with van der Waals surface area (Å²) in [6, 6.07) is 8.76. The molecule has 88 valence electrons. The maximum atomic E-state index is 11.9. The second-order valence-electron chi connectivity index (χ2n) is 3.62. The molecule has 0 aliphatic rings. The minimum Gasteiger partial charge on any atom is -0.391 e. The van der Waals surface area contributed by atoms with Gasteiger partial charge in [-0.2, -0.15) is 0 Å². The number of carbonyl (C=O) groups excluding carboxylic acids is 1. The molecule has 0 aliphatic heterocycles. The maximum absolute atomic E-state index is 11.9. The summed E-state index contributed by atoms with van der Waals surface area (Å²) in [5.74, 6) is -0.147. The minimum atomic E-state index is -0.147. The number of nitrogen functional groups attached to an aromatic ring is 1. The van der Waals surface area contributed by atoms with Gasteiger partial charge >= 0.3 is 0 Å². The van der Waals surface area contributed by atoms with Gasteiger partial charge < -0.3 is 11.1 Å². The van der Waals surface area contributed by atoms with Gasteiger partial charge in [0.25, 0.3) is 5.91 Å². The molecular formula is C12H11ClN2OS. The summed E-state index contributed by atoms with van der Waals surface area (Å²) in [7, 11) is 0. The number of amides is 1. The molecule has 2 rings (SSSR count). The second-order valence-corrected chi connectivity index (χ2v) is 5.14. The lowest BCUT2D eigenvalue weighted by molar-refractivity contribution is 0.103. The number of halogens is 1. The Kier molecular flexibility index (Phi) is 3.36. The van der Waals surface area contributed by atoms with Crippen molar-refractivity contribution < 1.29 is 4.79 Å². The molecule has 0 saturated carbocycles. The van der Waals surface area contributed by atoms with Gasteiger partial charge in [0.2, 0.25) is 0 Å². The van der Waals surface area contributed by atoms with Crippen LogP contribution in [0.25, 0.3) is 0 Å². The van der Waals surface area contributed by atoms with Gasteiger partial charge in [0.1, 0.15) is 0 Å². The quantitative estimate of drug-likeness (QED) is 0.873. The fraction of sp³-hybridized carbons (Fsp3) is 0.0833. The summed E-state index contributed by atoms with van der Waals surface area (Å²) >= 11 is 7.05. The molecule has 1 aromatic carbocycles. The van der Waals surface area contributed by atoms with Gasteiger partial charge in [0, 0.05) is 10.7 Å². The molecule has 3 nitrogen and oxygen atoms in total. The van der Waals surface area contributed by atoms with Crippen molar-refractivity contribution in [2.75, 3.05) is 11.1 Å². The molecule has 0 atom stereocenters. The van der Waals surface area contributed by atoms with Crippen LogP contribution in [-0.2, 0) is 0 Å². The third-order valence-corrected chi connectivity index (χ3v) is 3.56. The highest BCUT2D eigenvalue weighted by Crippen LogP contribution is 2.24. The molecule has 17 heavy (non-hydrogen) atoms. The average Bonchev–Trinajstić information content (AvgIpc) is 2.61. The Labute approximate surface area is 108 Å². The van der Waals surface area contributed by atoms with E-state index in [1.54, 1.807) is 30.3 Å². The number of carbonyl (C=O) groups is 1. The molecule has 2 aromatic rings. The van der Waals surface area contributed by atoms with Crippen molar-refractivity contribution in [1.82, 2.24) is 0 Å². The molecule has 0 unspecified atom stereocenters.